The Balaban J connectivity index is 1.86. The second-order valence-electron chi connectivity index (χ2n) is 8.47. The van der Waals surface area contributed by atoms with Crippen LogP contribution >= 0.6 is 38.9 Å². The van der Waals surface area contributed by atoms with Gasteiger partial charge in [-0.15, -0.1) is 11.3 Å². The summed E-state index contributed by atoms with van der Waals surface area (Å²) in [4.78, 5) is 26.3. The van der Waals surface area contributed by atoms with Gasteiger partial charge < -0.3 is 14.8 Å². The lowest BCUT2D eigenvalue weighted by molar-refractivity contribution is -0.118. The molecule has 5 nitrogen and oxygen atoms in total. The van der Waals surface area contributed by atoms with Gasteiger partial charge in [0.05, 0.1) is 7.11 Å². The number of methoxy groups -OCH3 is 1. The van der Waals surface area contributed by atoms with E-state index in [-0.39, 0.29) is 17.9 Å². The molecule has 1 aromatic heterocycles. The monoisotopic (exact) mass is 549 g/mol. The van der Waals surface area contributed by atoms with Crippen LogP contribution in [0.5, 0.6) is 5.75 Å². The number of anilines is 1. The number of hydrogen-bond acceptors (Lipinski definition) is 5. The first kappa shape index (κ1) is 25.3. The zero-order valence-corrected chi connectivity index (χ0v) is 22.2. The van der Waals surface area contributed by atoms with Gasteiger partial charge in [0.15, 0.2) is 6.61 Å². The second-order valence-corrected chi connectivity index (χ2v) is 11.0. The van der Waals surface area contributed by atoms with Crippen LogP contribution in [0.15, 0.2) is 46.9 Å². The number of halogens is 2. The molecule has 174 valence electrons. The molecule has 1 amide bonds. The van der Waals surface area contributed by atoms with E-state index in [9.17, 15) is 9.59 Å². The molecule has 0 fully saturated rings. The number of rotatable bonds is 6. The summed E-state index contributed by atoms with van der Waals surface area (Å²) >= 11 is 11.0. The van der Waals surface area contributed by atoms with Crippen LogP contribution in [0.1, 0.15) is 41.6 Å². The summed E-state index contributed by atoms with van der Waals surface area (Å²) in [5.41, 5.74) is 2.58. The molecule has 0 radical (unpaired) electrons. The smallest absolute Gasteiger partial charge is 0.341 e. The zero-order valence-electron chi connectivity index (χ0n) is 19.0. The van der Waals surface area contributed by atoms with E-state index in [2.05, 4.69) is 42.0 Å². The molecule has 0 aliphatic rings. The van der Waals surface area contributed by atoms with E-state index >= 15 is 0 Å². The summed E-state index contributed by atoms with van der Waals surface area (Å²) in [5.74, 6) is -0.272. The van der Waals surface area contributed by atoms with Crippen molar-refractivity contribution in [2.75, 3.05) is 19.0 Å². The Morgan fingerprint density at radius 3 is 2.52 bits per heavy atom. The van der Waals surface area contributed by atoms with Gasteiger partial charge in [-0.25, -0.2) is 4.79 Å². The highest BCUT2D eigenvalue weighted by Crippen LogP contribution is 2.41. The number of aryl methyl sites for hydroxylation is 1. The van der Waals surface area contributed by atoms with Crippen LogP contribution in [0.3, 0.4) is 0 Å². The number of thiophene rings is 1. The Hall–Kier alpha value is -2.35. The van der Waals surface area contributed by atoms with Gasteiger partial charge in [-0.1, -0.05) is 60.4 Å². The number of nitrogens with one attached hydrogen (secondary N) is 1. The lowest BCUT2D eigenvalue weighted by Crippen LogP contribution is -2.22. The molecule has 3 aromatic rings. The number of carbonyl (C=O) groups is 2. The van der Waals surface area contributed by atoms with Crippen LogP contribution in [-0.4, -0.2) is 25.6 Å². The van der Waals surface area contributed by atoms with Gasteiger partial charge in [0.2, 0.25) is 0 Å². The zero-order chi connectivity index (χ0) is 24.3. The van der Waals surface area contributed by atoms with Crippen molar-refractivity contribution in [3.63, 3.8) is 0 Å². The van der Waals surface area contributed by atoms with Crippen molar-refractivity contribution < 1.29 is 19.1 Å². The molecule has 0 saturated carbocycles. The fraction of sp³-hybridized carbons (Fsp3) is 0.280. The molecule has 0 atom stereocenters. The van der Waals surface area contributed by atoms with Gasteiger partial charge in [0.1, 0.15) is 16.3 Å². The first-order valence-electron chi connectivity index (χ1n) is 10.2. The minimum atomic E-state index is -0.534. The summed E-state index contributed by atoms with van der Waals surface area (Å²) in [6, 6.07) is 12.9. The van der Waals surface area contributed by atoms with E-state index in [0.29, 0.717) is 26.9 Å². The van der Waals surface area contributed by atoms with Gasteiger partial charge in [0, 0.05) is 25.5 Å². The molecule has 33 heavy (non-hydrogen) atoms. The number of benzene rings is 2. The van der Waals surface area contributed by atoms with E-state index in [1.807, 2.05) is 37.3 Å². The predicted octanol–water partition coefficient (Wildman–Crippen LogP) is 7.24. The fourth-order valence-corrected chi connectivity index (χ4v) is 5.07. The predicted molar refractivity (Wildman–Crippen MR) is 138 cm³/mol. The van der Waals surface area contributed by atoms with Gasteiger partial charge in [0.25, 0.3) is 5.91 Å². The van der Waals surface area contributed by atoms with Gasteiger partial charge in [-0.3, -0.25) is 4.79 Å². The average Bonchev–Trinajstić information content (AvgIpc) is 3.07. The molecule has 2 aromatic carbocycles. The third kappa shape index (κ3) is 5.96. The molecule has 0 aliphatic heterocycles. The van der Waals surface area contributed by atoms with E-state index in [1.54, 1.807) is 12.1 Å². The molecule has 0 aliphatic carbocycles. The van der Waals surface area contributed by atoms with Crippen molar-refractivity contribution in [2.24, 2.45) is 0 Å². The summed E-state index contributed by atoms with van der Waals surface area (Å²) in [6.45, 7) is 7.92. The molecular formula is C25H25BrClNO4S. The highest BCUT2D eigenvalue weighted by Gasteiger charge is 2.26. The third-order valence-corrected chi connectivity index (χ3v) is 6.70. The number of ether oxygens (including phenoxy) is 2. The Morgan fingerprint density at radius 1 is 1.15 bits per heavy atom. The third-order valence-electron chi connectivity index (χ3n) is 4.95. The maximum Gasteiger partial charge on any atom is 0.341 e. The lowest BCUT2D eigenvalue weighted by Gasteiger charge is -2.23. The van der Waals surface area contributed by atoms with E-state index < -0.39 is 5.97 Å². The van der Waals surface area contributed by atoms with Gasteiger partial charge in [-0.2, -0.15) is 0 Å². The summed E-state index contributed by atoms with van der Waals surface area (Å²) in [6.07, 6.45) is 0. The molecular weight excluding hydrogens is 526 g/mol. The van der Waals surface area contributed by atoms with E-state index in [1.165, 1.54) is 18.4 Å². The van der Waals surface area contributed by atoms with Gasteiger partial charge >= 0.3 is 5.97 Å². The maximum atomic E-state index is 12.8. The largest absolute Gasteiger partial charge is 0.483 e. The molecule has 0 unspecified atom stereocenters. The Kier molecular flexibility index (Phi) is 7.88. The lowest BCUT2D eigenvalue weighted by atomic mass is 9.86. The highest BCUT2D eigenvalue weighted by atomic mass is 79.9. The Labute approximate surface area is 211 Å². The molecule has 0 spiro atoms. The van der Waals surface area contributed by atoms with Crippen molar-refractivity contribution in [1.29, 1.82) is 0 Å². The average molecular weight is 551 g/mol. The summed E-state index contributed by atoms with van der Waals surface area (Å²) in [5, 5.41) is 3.79. The standard InChI is InChI=1S/C25H25BrClNO4S/c1-14-21(15-7-6-8-17(27)11-15)22(24(30)31-5)23(33-14)28-20(29)13-32-19-10-9-16(26)12-18(19)25(2,3)4/h6-12H,13H2,1-5H3,(H,28,29). The molecule has 0 bridgehead atoms. The SMILES string of the molecule is COC(=O)c1c(NC(=O)COc2ccc(Br)cc2C(C)(C)C)sc(C)c1-c1cccc(Cl)c1. The Morgan fingerprint density at radius 2 is 1.88 bits per heavy atom. The highest BCUT2D eigenvalue weighted by molar-refractivity contribution is 9.10. The molecule has 0 saturated heterocycles. The van der Waals surface area contributed by atoms with Crippen LogP contribution in [0, 0.1) is 6.92 Å². The number of amides is 1. The second kappa shape index (κ2) is 10.3. The number of hydrogen-bond donors (Lipinski definition) is 1. The summed E-state index contributed by atoms with van der Waals surface area (Å²) in [7, 11) is 1.31. The minimum Gasteiger partial charge on any atom is -0.483 e. The van der Waals surface area contributed by atoms with Crippen molar-refractivity contribution in [3.8, 4) is 16.9 Å². The molecule has 1 N–H and O–H groups in total. The summed E-state index contributed by atoms with van der Waals surface area (Å²) < 4.78 is 11.8. The normalized spacial score (nSPS) is 11.2. The van der Waals surface area contributed by atoms with E-state index in [4.69, 9.17) is 21.1 Å². The van der Waals surface area contributed by atoms with E-state index in [0.717, 1.165) is 20.5 Å². The van der Waals surface area contributed by atoms with Crippen molar-refractivity contribution in [3.05, 3.63) is 68.0 Å². The van der Waals surface area contributed by atoms with Crippen LogP contribution in [0.25, 0.3) is 11.1 Å². The maximum absolute atomic E-state index is 12.8. The quantitative estimate of drug-likeness (QED) is 0.329. The molecule has 1 heterocycles. The van der Waals surface area contributed by atoms with Crippen LogP contribution in [-0.2, 0) is 14.9 Å². The van der Waals surface area contributed by atoms with Crippen molar-refractivity contribution >= 4 is 55.7 Å². The van der Waals surface area contributed by atoms with Crippen LogP contribution < -0.4 is 10.1 Å². The van der Waals surface area contributed by atoms with Crippen molar-refractivity contribution in [2.45, 2.75) is 33.1 Å². The number of esters is 1. The van der Waals surface area contributed by atoms with Gasteiger partial charge in [-0.05, 0) is 48.2 Å². The van der Waals surface area contributed by atoms with Crippen LogP contribution in [0.4, 0.5) is 5.00 Å². The van der Waals surface area contributed by atoms with Crippen molar-refractivity contribution in [1.82, 2.24) is 0 Å². The van der Waals surface area contributed by atoms with Crippen LogP contribution in [0.2, 0.25) is 5.02 Å². The number of carbonyl (C=O) groups excluding carboxylic acids is 2. The minimum absolute atomic E-state index is 0.162. The fourth-order valence-electron chi connectivity index (χ4n) is 3.44. The molecule has 3 rings (SSSR count). The molecule has 8 heteroatoms. The Bertz CT molecular complexity index is 1200. The first-order valence-corrected chi connectivity index (χ1v) is 12.2. The topological polar surface area (TPSA) is 64.6 Å². The first-order chi connectivity index (χ1) is 15.5.